The van der Waals surface area contributed by atoms with E-state index in [1.165, 1.54) is 0 Å². The van der Waals surface area contributed by atoms with Crippen LogP contribution in [0.2, 0.25) is 0 Å². The van der Waals surface area contributed by atoms with Crippen LogP contribution in [0.5, 0.6) is 0 Å². The van der Waals surface area contributed by atoms with Gasteiger partial charge in [0, 0.05) is 24.5 Å². The highest BCUT2D eigenvalue weighted by molar-refractivity contribution is 6.03. The van der Waals surface area contributed by atoms with E-state index >= 15 is 0 Å². The van der Waals surface area contributed by atoms with Crippen molar-refractivity contribution in [3.8, 4) is 11.4 Å². The Bertz CT molecular complexity index is 768. The maximum atomic E-state index is 12.1. The van der Waals surface area contributed by atoms with Gasteiger partial charge in [0.25, 0.3) is 5.91 Å². The van der Waals surface area contributed by atoms with Gasteiger partial charge in [-0.3, -0.25) is 9.78 Å². The van der Waals surface area contributed by atoms with Crippen molar-refractivity contribution in [2.24, 2.45) is 7.05 Å². The van der Waals surface area contributed by atoms with Crippen LogP contribution in [0.3, 0.4) is 0 Å². The summed E-state index contributed by atoms with van der Waals surface area (Å²) in [7, 11) is 1.76. The molecule has 2 heterocycles. The van der Waals surface area contributed by atoms with Gasteiger partial charge in [-0.15, -0.1) is 5.10 Å². The van der Waals surface area contributed by atoms with Crippen molar-refractivity contribution in [2.45, 2.75) is 0 Å². The molecule has 7 heteroatoms. The fourth-order valence-corrected chi connectivity index (χ4v) is 1.90. The standard InChI is InChI=1S/C14H12N6O/c1-20-13(17-18-19-20)10-5-4-6-11(9-10)16-14(21)12-7-2-3-8-15-12/h2-9H,1H3,(H,16,21). The highest BCUT2D eigenvalue weighted by Crippen LogP contribution is 2.19. The lowest BCUT2D eigenvalue weighted by molar-refractivity contribution is 0.102. The van der Waals surface area contributed by atoms with Crippen molar-refractivity contribution in [3.05, 3.63) is 54.4 Å². The summed E-state index contributed by atoms with van der Waals surface area (Å²) in [6, 6.07) is 12.5. The predicted molar refractivity (Wildman–Crippen MR) is 76.4 cm³/mol. The summed E-state index contributed by atoms with van der Waals surface area (Å²) in [4.78, 5) is 16.1. The Labute approximate surface area is 120 Å². The van der Waals surface area contributed by atoms with Gasteiger partial charge in [0.15, 0.2) is 5.82 Å². The molecule has 7 nitrogen and oxygen atoms in total. The average molecular weight is 280 g/mol. The molecular formula is C14H12N6O. The molecule has 1 N–H and O–H groups in total. The Morgan fingerprint density at radius 1 is 1.19 bits per heavy atom. The van der Waals surface area contributed by atoms with Crippen LogP contribution in [0.15, 0.2) is 48.7 Å². The molecule has 0 unspecified atom stereocenters. The molecule has 0 aliphatic heterocycles. The minimum Gasteiger partial charge on any atom is -0.321 e. The maximum Gasteiger partial charge on any atom is 0.274 e. The number of rotatable bonds is 3. The largest absolute Gasteiger partial charge is 0.321 e. The summed E-state index contributed by atoms with van der Waals surface area (Å²) in [6.45, 7) is 0. The second kappa shape index (κ2) is 5.49. The molecule has 0 atom stereocenters. The Hall–Kier alpha value is -3.09. The first-order valence-electron chi connectivity index (χ1n) is 6.29. The second-order valence-electron chi connectivity index (χ2n) is 4.38. The first-order valence-corrected chi connectivity index (χ1v) is 6.29. The predicted octanol–water partition coefficient (Wildman–Crippen LogP) is 1.52. The normalized spacial score (nSPS) is 10.3. The van der Waals surface area contributed by atoms with Gasteiger partial charge in [-0.2, -0.15) is 0 Å². The molecule has 0 aliphatic carbocycles. The van der Waals surface area contributed by atoms with Crippen molar-refractivity contribution in [2.75, 3.05) is 5.32 Å². The van der Waals surface area contributed by atoms with Gasteiger partial charge in [0.2, 0.25) is 0 Å². The van der Waals surface area contributed by atoms with E-state index in [0.717, 1.165) is 5.56 Å². The van der Waals surface area contributed by atoms with Gasteiger partial charge in [0.1, 0.15) is 5.69 Å². The highest BCUT2D eigenvalue weighted by Gasteiger charge is 2.09. The maximum absolute atomic E-state index is 12.1. The number of carbonyl (C=O) groups is 1. The van der Waals surface area contributed by atoms with Gasteiger partial charge < -0.3 is 5.32 Å². The molecule has 1 amide bonds. The summed E-state index contributed by atoms with van der Waals surface area (Å²) < 4.78 is 1.57. The van der Waals surface area contributed by atoms with Crippen LogP contribution >= 0.6 is 0 Å². The number of anilines is 1. The van der Waals surface area contributed by atoms with Crippen LogP contribution in [-0.2, 0) is 7.05 Å². The van der Waals surface area contributed by atoms with Crippen LogP contribution in [0.25, 0.3) is 11.4 Å². The van der Waals surface area contributed by atoms with Crippen molar-refractivity contribution in [1.29, 1.82) is 0 Å². The molecular weight excluding hydrogens is 268 g/mol. The zero-order valence-electron chi connectivity index (χ0n) is 11.3. The lowest BCUT2D eigenvalue weighted by Crippen LogP contribution is -2.13. The summed E-state index contributed by atoms with van der Waals surface area (Å²) in [5, 5.41) is 14.1. The van der Waals surface area contributed by atoms with Gasteiger partial charge in [0.05, 0.1) is 0 Å². The Morgan fingerprint density at radius 3 is 2.81 bits per heavy atom. The fourth-order valence-electron chi connectivity index (χ4n) is 1.90. The van der Waals surface area contributed by atoms with E-state index in [9.17, 15) is 4.79 Å². The van der Waals surface area contributed by atoms with Gasteiger partial charge in [-0.1, -0.05) is 18.2 Å². The van der Waals surface area contributed by atoms with E-state index in [1.807, 2.05) is 18.2 Å². The number of hydrogen-bond acceptors (Lipinski definition) is 5. The average Bonchev–Trinajstić information content (AvgIpc) is 2.94. The lowest BCUT2D eigenvalue weighted by atomic mass is 10.2. The van der Waals surface area contributed by atoms with E-state index in [2.05, 4.69) is 25.8 Å². The molecule has 104 valence electrons. The summed E-state index contributed by atoms with van der Waals surface area (Å²) in [6.07, 6.45) is 1.58. The van der Waals surface area contributed by atoms with Crippen LogP contribution in [0.1, 0.15) is 10.5 Å². The SMILES string of the molecule is Cn1nnnc1-c1cccc(NC(=O)c2ccccn2)c1. The number of aromatic nitrogens is 5. The minimum atomic E-state index is -0.260. The number of benzene rings is 1. The fraction of sp³-hybridized carbons (Fsp3) is 0.0714. The summed E-state index contributed by atoms with van der Waals surface area (Å²) in [5.74, 6) is 0.368. The van der Waals surface area contributed by atoms with E-state index in [4.69, 9.17) is 0 Å². The second-order valence-corrected chi connectivity index (χ2v) is 4.38. The van der Waals surface area contributed by atoms with Crippen molar-refractivity contribution in [3.63, 3.8) is 0 Å². The van der Waals surface area contributed by atoms with Gasteiger partial charge in [-0.25, -0.2) is 4.68 Å². The van der Waals surface area contributed by atoms with Crippen LogP contribution in [0.4, 0.5) is 5.69 Å². The van der Waals surface area contributed by atoms with E-state index in [1.54, 1.807) is 42.2 Å². The zero-order valence-corrected chi connectivity index (χ0v) is 11.3. The van der Waals surface area contributed by atoms with Crippen molar-refractivity contribution in [1.82, 2.24) is 25.2 Å². The quantitative estimate of drug-likeness (QED) is 0.786. The molecule has 3 rings (SSSR count). The smallest absolute Gasteiger partial charge is 0.274 e. The molecule has 0 radical (unpaired) electrons. The molecule has 0 saturated heterocycles. The van der Waals surface area contributed by atoms with Gasteiger partial charge >= 0.3 is 0 Å². The number of amides is 1. The van der Waals surface area contributed by atoms with Crippen LogP contribution < -0.4 is 5.32 Å². The molecule has 2 aromatic heterocycles. The summed E-state index contributed by atoms with van der Waals surface area (Å²) in [5.41, 5.74) is 1.84. The first-order chi connectivity index (χ1) is 10.2. The number of aryl methyl sites for hydroxylation is 1. The molecule has 0 bridgehead atoms. The molecule has 21 heavy (non-hydrogen) atoms. The van der Waals surface area contributed by atoms with Gasteiger partial charge in [-0.05, 0) is 34.7 Å². The number of nitrogens with one attached hydrogen (secondary N) is 1. The molecule has 0 aliphatic rings. The highest BCUT2D eigenvalue weighted by atomic mass is 16.1. The molecule has 1 aromatic carbocycles. The molecule has 0 fully saturated rings. The lowest BCUT2D eigenvalue weighted by Gasteiger charge is -2.06. The van der Waals surface area contributed by atoms with Crippen molar-refractivity contribution >= 4 is 11.6 Å². The first kappa shape index (κ1) is 12.9. The zero-order chi connectivity index (χ0) is 14.7. The number of tetrazole rings is 1. The molecule has 0 spiro atoms. The Kier molecular flexibility index (Phi) is 3.38. The Balaban J connectivity index is 1.84. The third-order valence-electron chi connectivity index (χ3n) is 2.90. The van der Waals surface area contributed by atoms with E-state index in [0.29, 0.717) is 17.2 Å². The third-order valence-corrected chi connectivity index (χ3v) is 2.90. The molecule has 0 saturated carbocycles. The Morgan fingerprint density at radius 2 is 2.10 bits per heavy atom. The number of carbonyl (C=O) groups excluding carboxylic acids is 1. The molecule has 3 aromatic rings. The topological polar surface area (TPSA) is 85.6 Å². The minimum absolute atomic E-state index is 0.260. The number of nitrogens with zero attached hydrogens (tertiary/aromatic N) is 5. The van der Waals surface area contributed by atoms with E-state index < -0.39 is 0 Å². The monoisotopic (exact) mass is 280 g/mol. The van der Waals surface area contributed by atoms with Crippen LogP contribution in [-0.4, -0.2) is 31.1 Å². The van der Waals surface area contributed by atoms with Crippen molar-refractivity contribution < 1.29 is 4.79 Å². The number of pyridine rings is 1. The van der Waals surface area contributed by atoms with E-state index in [-0.39, 0.29) is 5.91 Å². The number of hydrogen-bond donors (Lipinski definition) is 1. The third kappa shape index (κ3) is 2.76. The van der Waals surface area contributed by atoms with Crippen LogP contribution in [0, 0.1) is 0 Å². The summed E-state index contributed by atoms with van der Waals surface area (Å²) >= 11 is 0.